The number of anilines is 1. The second-order valence-electron chi connectivity index (χ2n) is 5.17. The van der Waals surface area contributed by atoms with Gasteiger partial charge in [-0.15, -0.1) is 0 Å². The summed E-state index contributed by atoms with van der Waals surface area (Å²) in [4.78, 5) is 18.3. The molecule has 1 fully saturated rings. The molecule has 2 rings (SSSR count). The van der Waals surface area contributed by atoms with Gasteiger partial charge in [0.25, 0.3) is 0 Å². The molecule has 0 aromatic carbocycles. The summed E-state index contributed by atoms with van der Waals surface area (Å²) >= 11 is 0. The highest BCUT2D eigenvalue weighted by molar-refractivity contribution is 5.90. The molecule has 0 saturated carbocycles. The van der Waals surface area contributed by atoms with E-state index in [1.54, 1.807) is 6.07 Å². The summed E-state index contributed by atoms with van der Waals surface area (Å²) in [5, 5.41) is 3.49. The van der Waals surface area contributed by atoms with Crippen molar-refractivity contribution in [2.45, 2.75) is 32.9 Å². The summed E-state index contributed by atoms with van der Waals surface area (Å²) in [7, 11) is 1.38. The lowest BCUT2D eigenvalue weighted by molar-refractivity contribution is 0.0599. The number of aromatic nitrogens is 1. The molecule has 1 aromatic rings. The number of piperazine rings is 1. The number of carbonyl (C=O) groups is 1. The van der Waals surface area contributed by atoms with Crippen molar-refractivity contribution in [3.05, 3.63) is 23.4 Å². The third kappa shape index (κ3) is 3.04. The monoisotopic (exact) mass is 263 g/mol. The second kappa shape index (κ2) is 5.57. The number of esters is 1. The molecule has 1 aliphatic rings. The van der Waals surface area contributed by atoms with Crippen LogP contribution in [0.3, 0.4) is 0 Å². The molecule has 1 saturated heterocycles. The molecular weight excluding hydrogens is 242 g/mol. The van der Waals surface area contributed by atoms with Gasteiger partial charge >= 0.3 is 5.97 Å². The summed E-state index contributed by atoms with van der Waals surface area (Å²) in [5.74, 6) is 0.587. The molecule has 19 heavy (non-hydrogen) atoms. The smallest absolute Gasteiger partial charge is 0.339 e. The molecule has 2 atom stereocenters. The fourth-order valence-electron chi connectivity index (χ4n) is 2.56. The Morgan fingerprint density at radius 2 is 2.00 bits per heavy atom. The molecule has 5 heteroatoms. The number of nitrogens with zero attached hydrogens (tertiary/aromatic N) is 2. The van der Waals surface area contributed by atoms with E-state index in [2.05, 4.69) is 29.0 Å². The van der Waals surface area contributed by atoms with Crippen molar-refractivity contribution in [1.29, 1.82) is 0 Å². The highest BCUT2D eigenvalue weighted by Gasteiger charge is 2.22. The van der Waals surface area contributed by atoms with Gasteiger partial charge in [-0.3, -0.25) is 0 Å². The second-order valence-corrected chi connectivity index (χ2v) is 5.17. The standard InChI is InChI=1S/C14H21N3O2/c1-9-7-17(8-10(2)15-9)13-6-5-12(11(3)16-13)14(18)19-4/h5-6,9-10,15H,7-8H2,1-4H3. The van der Waals surface area contributed by atoms with E-state index < -0.39 is 0 Å². The minimum absolute atomic E-state index is 0.335. The molecule has 1 aromatic heterocycles. The van der Waals surface area contributed by atoms with Gasteiger partial charge in [-0.1, -0.05) is 0 Å². The van der Waals surface area contributed by atoms with E-state index in [0.29, 0.717) is 23.3 Å². The lowest BCUT2D eigenvalue weighted by atomic mass is 10.1. The first kappa shape index (κ1) is 13.8. The van der Waals surface area contributed by atoms with E-state index >= 15 is 0 Å². The van der Waals surface area contributed by atoms with Crippen molar-refractivity contribution in [2.75, 3.05) is 25.1 Å². The van der Waals surface area contributed by atoms with E-state index in [1.165, 1.54) is 7.11 Å². The maximum absolute atomic E-state index is 11.5. The van der Waals surface area contributed by atoms with Crippen molar-refractivity contribution >= 4 is 11.8 Å². The van der Waals surface area contributed by atoms with Crippen molar-refractivity contribution in [3.63, 3.8) is 0 Å². The van der Waals surface area contributed by atoms with Crippen LogP contribution in [0, 0.1) is 6.92 Å². The van der Waals surface area contributed by atoms with Crippen LogP contribution in [0.25, 0.3) is 0 Å². The molecule has 0 spiro atoms. The van der Waals surface area contributed by atoms with Crippen LogP contribution >= 0.6 is 0 Å². The fraction of sp³-hybridized carbons (Fsp3) is 0.571. The minimum Gasteiger partial charge on any atom is -0.465 e. The molecular formula is C14H21N3O2. The first-order valence-corrected chi connectivity index (χ1v) is 6.58. The van der Waals surface area contributed by atoms with Crippen LogP contribution in [0.4, 0.5) is 5.82 Å². The predicted octanol–water partition coefficient (Wildman–Crippen LogP) is 1.36. The summed E-state index contributed by atoms with van der Waals surface area (Å²) < 4.78 is 4.73. The first-order chi connectivity index (χ1) is 9.01. The minimum atomic E-state index is -0.335. The summed E-state index contributed by atoms with van der Waals surface area (Å²) in [6, 6.07) is 4.56. The van der Waals surface area contributed by atoms with E-state index in [1.807, 2.05) is 13.0 Å². The average Bonchev–Trinajstić information content (AvgIpc) is 2.36. The van der Waals surface area contributed by atoms with E-state index in [-0.39, 0.29) is 5.97 Å². The van der Waals surface area contributed by atoms with Crippen molar-refractivity contribution < 1.29 is 9.53 Å². The van der Waals surface area contributed by atoms with E-state index in [9.17, 15) is 4.79 Å². The van der Waals surface area contributed by atoms with Gasteiger partial charge in [-0.25, -0.2) is 9.78 Å². The molecule has 0 radical (unpaired) electrons. The van der Waals surface area contributed by atoms with Gasteiger partial charge in [0.15, 0.2) is 0 Å². The Hall–Kier alpha value is -1.62. The normalized spacial score (nSPS) is 23.3. The number of methoxy groups -OCH3 is 1. The molecule has 104 valence electrons. The zero-order valence-electron chi connectivity index (χ0n) is 11.9. The summed E-state index contributed by atoms with van der Waals surface area (Å²) in [6.45, 7) is 8.02. The van der Waals surface area contributed by atoms with E-state index in [4.69, 9.17) is 4.74 Å². The molecule has 0 aliphatic carbocycles. The SMILES string of the molecule is COC(=O)c1ccc(N2CC(C)NC(C)C2)nc1C. The molecule has 0 bridgehead atoms. The number of pyridine rings is 1. The Balaban J connectivity index is 2.22. The fourth-order valence-corrected chi connectivity index (χ4v) is 2.56. The zero-order chi connectivity index (χ0) is 14.0. The number of hydrogen-bond donors (Lipinski definition) is 1. The maximum Gasteiger partial charge on any atom is 0.339 e. The number of carbonyl (C=O) groups excluding carboxylic acids is 1. The number of nitrogens with one attached hydrogen (secondary N) is 1. The van der Waals surface area contributed by atoms with Crippen LogP contribution in [0.2, 0.25) is 0 Å². The Morgan fingerprint density at radius 1 is 1.37 bits per heavy atom. The van der Waals surface area contributed by atoms with Crippen LogP contribution in [-0.4, -0.2) is 43.2 Å². The van der Waals surface area contributed by atoms with E-state index in [0.717, 1.165) is 18.9 Å². The van der Waals surface area contributed by atoms with Crippen molar-refractivity contribution in [2.24, 2.45) is 0 Å². The molecule has 5 nitrogen and oxygen atoms in total. The highest BCUT2D eigenvalue weighted by atomic mass is 16.5. The van der Waals surface area contributed by atoms with Gasteiger partial charge in [-0.05, 0) is 32.9 Å². The van der Waals surface area contributed by atoms with Crippen LogP contribution in [0.5, 0.6) is 0 Å². The van der Waals surface area contributed by atoms with Gasteiger partial charge in [-0.2, -0.15) is 0 Å². The van der Waals surface area contributed by atoms with Crippen LogP contribution < -0.4 is 10.2 Å². The molecule has 1 aliphatic heterocycles. The topological polar surface area (TPSA) is 54.5 Å². The largest absolute Gasteiger partial charge is 0.465 e. The maximum atomic E-state index is 11.5. The van der Waals surface area contributed by atoms with Gasteiger partial charge in [0.05, 0.1) is 18.4 Å². The van der Waals surface area contributed by atoms with Gasteiger partial charge in [0.2, 0.25) is 0 Å². The van der Waals surface area contributed by atoms with Gasteiger partial charge < -0.3 is 15.0 Å². The van der Waals surface area contributed by atoms with Gasteiger partial charge in [0.1, 0.15) is 5.82 Å². The quantitative estimate of drug-likeness (QED) is 0.817. The number of rotatable bonds is 2. The molecule has 2 unspecified atom stereocenters. The van der Waals surface area contributed by atoms with Crippen molar-refractivity contribution in [3.8, 4) is 0 Å². The first-order valence-electron chi connectivity index (χ1n) is 6.58. The molecule has 1 N–H and O–H groups in total. The van der Waals surface area contributed by atoms with Crippen LogP contribution in [0.15, 0.2) is 12.1 Å². The lowest BCUT2D eigenvalue weighted by Gasteiger charge is -2.37. The van der Waals surface area contributed by atoms with Crippen LogP contribution in [0.1, 0.15) is 29.9 Å². The Morgan fingerprint density at radius 3 is 2.53 bits per heavy atom. The summed E-state index contributed by atoms with van der Waals surface area (Å²) in [5.41, 5.74) is 1.24. The molecule has 0 amide bonds. The Labute approximate surface area is 114 Å². The highest BCUT2D eigenvalue weighted by Crippen LogP contribution is 2.18. The average molecular weight is 263 g/mol. The zero-order valence-corrected chi connectivity index (χ0v) is 11.9. The molecule has 2 heterocycles. The van der Waals surface area contributed by atoms with Crippen LogP contribution in [-0.2, 0) is 4.74 Å². The third-order valence-corrected chi connectivity index (χ3v) is 3.36. The number of hydrogen-bond acceptors (Lipinski definition) is 5. The van der Waals surface area contributed by atoms with Gasteiger partial charge in [0, 0.05) is 25.2 Å². The third-order valence-electron chi connectivity index (χ3n) is 3.36. The Kier molecular flexibility index (Phi) is 4.04. The van der Waals surface area contributed by atoms with Crippen molar-refractivity contribution in [1.82, 2.24) is 10.3 Å². The number of aryl methyl sites for hydroxylation is 1. The summed E-state index contributed by atoms with van der Waals surface area (Å²) in [6.07, 6.45) is 0. The number of ether oxygens (including phenoxy) is 1. The predicted molar refractivity (Wildman–Crippen MR) is 74.6 cm³/mol. The Bertz CT molecular complexity index is 466. The lowest BCUT2D eigenvalue weighted by Crippen LogP contribution is -2.54.